The van der Waals surface area contributed by atoms with Crippen LogP contribution in [-0.4, -0.2) is 19.5 Å². The summed E-state index contributed by atoms with van der Waals surface area (Å²) in [6.45, 7) is 0. The summed E-state index contributed by atoms with van der Waals surface area (Å²) in [7, 11) is 0. The lowest BCUT2D eigenvalue weighted by Crippen LogP contribution is -2.02. The van der Waals surface area contributed by atoms with Crippen LogP contribution in [0, 0.1) is 0 Å². The van der Waals surface area contributed by atoms with Gasteiger partial charge < -0.3 is 8.98 Å². The lowest BCUT2D eigenvalue weighted by molar-refractivity contribution is 0.668. The van der Waals surface area contributed by atoms with Gasteiger partial charge in [-0.15, -0.1) is 0 Å². The molecule has 9 aromatic carbocycles. The molecule has 0 aliphatic carbocycles. The van der Waals surface area contributed by atoms with Gasteiger partial charge in [0, 0.05) is 44.3 Å². The van der Waals surface area contributed by atoms with Gasteiger partial charge in [0.15, 0.2) is 17.5 Å². The Morgan fingerprint density at radius 1 is 0.345 bits per heavy atom. The number of furan rings is 1. The summed E-state index contributed by atoms with van der Waals surface area (Å²) in [5.74, 6) is 1.79. The van der Waals surface area contributed by atoms with Gasteiger partial charge in [-0.05, 0) is 63.0 Å². The molecule has 12 rings (SSSR count). The molecule has 0 radical (unpaired) electrons. The van der Waals surface area contributed by atoms with Crippen molar-refractivity contribution in [2.75, 3.05) is 0 Å². The fraction of sp³-hybridized carbons (Fsp3) is 0. The zero-order chi connectivity index (χ0) is 38.2. The first-order chi connectivity index (χ1) is 28.7. The zero-order valence-electron chi connectivity index (χ0n) is 31.2. The Morgan fingerprint density at radius 2 is 0.983 bits per heavy atom. The minimum atomic E-state index is 0.576. The first kappa shape index (κ1) is 32.4. The largest absolute Gasteiger partial charge is 0.456 e. The quantitative estimate of drug-likeness (QED) is 0.176. The van der Waals surface area contributed by atoms with Gasteiger partial charge in [0.05, 0.1) is 16.7 Å². The Bertz CT molecular complexity index is 3570. The number of para-hydroxylation sites is 1. The Labute approximate surface area is 333 Å². The highest BCUT2D eigenvalue weighted by Crippen LogP contribution is 2.43. The maximum absolute atomic E-state index is 6.73. The van der Waals surface area contributed by atoms with Crippen molar-refractivity contribution in [1.82, 2.24) is 19.5 Å². The number of aromatic nitrogens is 4. The third-order valence-electron chi connectivity index (χ3n) is 11.4. The molecule has 270 valence electrons. The van der Waals surface area contributed by atoms with Crippen molar-refractivity contribution in [1.29, 1.82) is 0 Å². The smallest absolute Gasteiger partial charge is 0.164 e. The lowest BCUT2D eigenvalue weighted by Gasteiger charge is -2.13. The first-order valence-electron chi connectivity index (χ1n) is 19.5. The van der Waals surface area contributed by atoms with Gasteiger partial charge in [-0.2, -0.15) is 0 Å². The van der Waals surface area contributed by atoms with E-state index in [9.17, 15) is 0 Å². The molecule has 0 N–H and O–H groups in total. The third-order valence-corrected chi connectivity index (χ3v) is 11.4. The molecule has 0 bridgehead atoms. The topological polar surface area (TPSA) is 56.7 Å². The van der Waals surface area contributed by atoms with Crippen LogP contribution in [0.1, 0.15) is 0 Å². The van der Waals surface area contributed by atoms with Crippen LogP contribution >= 0.6 is 0 Å². The molecule has 0 unspecified atom stereocenters. The molecular formula is C53H32N4O. The van der Waals surface area contributed by atoms with Crippen molar-refractivity contribution in [2.45, 2.75) is 0 Å². The standard InChI is InChI=1S/C53H32N4O/c1-3-13-33(14-4-1)38-25-27-42-46(30-38)57(45-28-26-35-16-9-10-20-41(35)49(42)45)40-31-44(50-43-21-11-12-22-47(43)58-48(50)32-40)53-55-51(36-17-5-2-6-18-36)54-52(56-53)39-24-23-34-15-7-8-19-37(34)29-39/h1-32H. The van der Waals surface area contributed by atoms with Gasteiger partial charge in [-0.3, -0.25) is 0 Å². The second kappa shape index (κ2) is 12.8. The Hall–Kier alpha value is -7.89. The number of hydrogen-bond donors (Lipinski definition) is 0. The molecule has 0 amide bonds. The summed E-state index contributed by atoms with van der Waals surface area (Å²) in [4.78, 5) is 15.7. The molecule has 58 heavy (non-hydrogen) atoms. The van der Waals surface area contributed by atoms with Crippen LogP contribution in [0.5, 0.6) is 0 Å². The Morgan fingerprint density at radius 3 is 1.81 bits per heavy atom. The molecule has 0 saturated heterocycles. The van der Waals surface area contributed by atoms with Crippen molar-refractivity contribution in [3.63, 3.8) is 0 Å². The maximum Gasteiger partial charge on any atom is 0.164 e. The summed E-state index contributed by atoms with van der Waals surface area (Å²) < 4.78 is 9.11. The van der Waals surface area contributed by atoms with E-state index in [0.29, 0.717) is 17.5 Å². The number of hydrogen-bond acceptors (Lipinski definition) is 4. The van der Waals surface area contributed by atoms with Crippen molar-refractivity contribution in [3.05, 3.63) is 194 Å². The molecule has 0 aliphatic heterocycles. The summed E-state index contributed by atoms with van der Waals surface area (Å²) in [6.07, 6.45) is 0. The van der Waals surface area contributed by atoms with Crippen LogP contribution in [0.15, 0.2) is 199 Å². The zero-order valence-corrected chi connectivity index (χ0v) is 31.2. The summed E-state index contributed by atoms with van der Waals surface area (Å²) >= 11 is 0. The number of benzene rings is 9. The van der Waals surface area contributed by atoms with Crippen molar-refractivity contribution >= 4 is 65.3 Å². The van der Waals surface area contributed by atoms with E-state index in [4.69, 9.17) is 19.4 Å². The van der Waals surface area contributed by atoms with E-state index in [1.54, 1.807) is 0 Å². The second-order valence-electron chi connectivity index (χ2n) is 14.8. The summed E-state index contributed by atoms with van der Waals surface area (Å²) in [6, 6.07) is 68.1. The maximum atomic E-state index is 6.73. The normalized spacial score (nSPS) is 11.8. The number of rotatable bonds is 5. The van der Waals surface area contributed by atoms with Crippen molar-refractivity contribution < 1.29 is 4.42 Å². The predicted octanol–water partition coefficient (Wildman–Crippen LogP) is 13.8. The fourth-order valence-electron chi connectivity index (χ4n) is 8.69. The molecule has 0 spiro atoms. The van der Waals surface area contributed by atoms with Gasteiger partial charge in [0.2, 0.25) is 0 Å². The highest BCUT2D eigenvalue weighted by molar-refractivity contribution is 6.22. The number of nitrogens with zero attached hydrogens (tertiary/aromatic N) is 4. The molecular weight excluding hydrogens is 709 g/mol. The minimum Gasteiger partial charge on any atom is -0.456 e. The van der Waals surface area contributed by atoms with E-state index in [-0.39, 0.29) is 0 Å². The molecule has 12 aromatic rings. The average Bonchev–Trinajstić information content (AvgIpc) is 3.84. The van der Waals surface area contributed by atoms with Gasteiger partial charge >= 0.3 is 0 Å². The Balaban J connectivity index is 1.18. The molecule has 3 heterocycles. The van der Waals surface area contributed by atoms with Gasteiger partial charge in [-0.25, -0.2) is 15.0 Å². The third kappa shape index (κ3) is 5.14. The summed E-state index contributed by atoms with van der Waals surface area (Å²) in [5.41, 5.74) is 9.76. The van der Waals surface area contributed by atoms with Crippen LogP contribution in [0.2, 0.25) is 0 Å². The SMILES string of the molecule is c1ccc(-c2ccc3c4c5ccccc5ccc4n(-c4cc(-c5nc(-c6ccccc6)nc(-c6ccc7ccccc7c6)n5)c5c(c4)oc4ccccc45)c3c2)cc1. The monoisotopic (exact) mass is 740 g/mol. The molecule has 5 heteroatoms. The highest BCUT2D eigenvalue weighted by Gasteiger charge is 2.22. The highest BCUT2D eigenvalue weighted by atomic mass is 16.3. The van der Waals surface area contributed by atoms with Gasteiger partial charge in [-0.1, -0.05) is 158 Å². The second-order valence-corrected chi connectivity index (χ2v) is 14.8. The van der Waals surface area contributed by atoms with Crippen LogP contribution in [0.3, 0.4) is 0 Å². The van der Waals surface area contributed by atoms with E-state index in [1.807, 2.05) is 30.3 Å². The predicted molar refractivity (Wildman–Crippen MR) is 238 cm³/mol. The van der Waals surface area contributed by atoms with Crippen LogP contribution in [0.25, 0.3) is 116 Å². The fourth-order valence-corrected chi connectivity index (χ4v) is 8.69. The van der Waals surface area contributed by atoms with Crippen molar-refractivity contribution in [3.8, 4) is 51.0 Å². The molecule has 0 atom stereocenters. The molecule has 3 aromatic heterocycles. The minimum absolute atomic E-state index is 0.576. The van der Waals surface area contributed by atoms with Crippen LogP contribution < -0.4 is 0 Å². The van der Waals surface area contributed by atoms with E-state index in [2.05, 4.69) is 168 Å². The lowest BCUT2D eigenvalue weighted by atomic mass is 10.0. The van der Waals surface area contributed by atoms with E-state index in [1.165, 1.54) is 27.1 Å². The summed E-state index contributed by atoms with van der Waals surface area (Å²) in [5, 5.41) is 9.07. The van der Waals surface area contributed by atoms with E-state index in [0.717, 1.165) is 71.7 Å². The van der Waals surface area contributed by atoms with Gasteiger partial charge in [0.25, 0.3) is 0 Å². The average molecular weight is 741 g/mol. The molecule has 5 nitrogen and oxygen atoms in total. The van der Waals surface area contributed by atoms with Crippen LogP contribution in [0.4, 0.5) is 0 Å². The van der Waals surface area contributed by atoms with Gasteiger partial charge in [0.1, 0.15) is 11.2 Å². The van der Waals surface area contributed by atoms with Crippen molar-refractivity contribution in [2.24, 2.45) is 0 Å². The van der Waals surface area contributed by atoms with Crippen LogP contribution in [-0.2, 0) is 0 Å². The van der Waals surface area contributed by atoms with E-state index < -0.39 is 0 Å². The molecule has 0 aliphatic rings. The molecule has 0 saturated carbocycles. The number of fused-ring (bicyclic) bond motifs is 9. The first-order valence-corrected chi connectivity index (χ1v) is 19.5. The molecule has 0 fully saturated rings. The Kier molecular flexibility index (Phi) is 7.16. The van der Waals surface area contributed by atoms with E-state index >= 15 is 0 Å².